The molecule has 0 radical (unpaired) electrons. The summed E-state index contributed by atoms with van der Waals surface area (Å²) in [7, 11) is 1.69. The van der Waals surface area contributed by atoms with Crippen molar-refractivity contribution in [1.29, 1.82) is 0 Å². The minimum Gasteiger partial charge on any atom is -0.496 e. The van der Waals surface area contributed by atoms with Gasteiger partial charge in [0.25, 0.3) is 0 Å². The smallest absolute Gasteiger partial charge is 0.130 e. The number of nitrogens with zero attached hydrogens (tertiary/aromatic N) is 1. The number of hydrogen-bond donors (Lipinski definition) is 0. The van der Waals surface area contributed by atoms with Gasteiger partial charge in [-0.05, 0) is 61.5 Å². The molecule has 0 aromatic heterocycles. The molecule has 2 bridgehead atoms. The molecule has 3 aromatic rings. The first-order valence-electron chi connectivity index (χ1n) is 11.0. The highest BCUT2D eigenvalue weighted by atomic mass is 19.1. The number of hydrogen-bond acceptors (Lipinski definition) is 2. The van der Waals surface area contributed by atoms with E-state index < -0.39 is 17.2 Å². The third kappa shape index (κ3) is 3.34. The minimum atomic E-state index is -0.551. The summed E-state index contributed by atoms with van der Waals surface area (Å²) >= 11 is 0. The number of rotatable bonds is 5. The molecular weight excluding hydrogens is 392 g/mol. The number of fused-ring (bicyclic) bond motifs is 3. The summed E-state index contributed by atoms with van der Waals surface area (Å²) in [6, 6.07) is 22.2. The molecule has 3 aliphatic heterocycles. The molecule has 0 amide bonds. The molecule has 2 nitrogen and oxygen atoms in total. The molecule has 4 heteroatoms. The van der Waals surface area contributed by atoms with Crippen molar-refractivity contribution in [2.75, 3.05) is 20.2 Å². The molecule has 160 valence electrons. The molecule has 3 aromatic carbocycles. The second-order valence-electron chi connectivity index (χ2n) is 8.77. The maximum atomic E-state index is 15.4. The van der Waals surface area contributed by atoms with Gasteiger partial charge in [-0.3, -0.25) is 4.90 Å². The summed E-state index contributed by atoms with van der Waals surface area (Å²) in [6.07, 6.45) is 3.23. The summed E-state index contributed by atoms with van der Waals surface area (Å²) in [5, 5.41) is 0. The van der Waals surface area contributed by atoms with Gasteiger partial charge in [0, 0.05) is 17.5 Å². The highest BCUT2D eigenvalue weighted by Gasteiger charge is 2.54. The summed E-state index contributed by atoms with van der Waals surface area (Å²) in [5.74, 6) is 0.0625. The van der Waals surface area contributed by atoms with E-state index in [1.54, 1.807) is 13.2 Å². The molecule has 2 atom stereocenters. The van der Waals surface area contributed by atoms with Crippen molar-refractivity contribution < 1.29 is 13.5 Å². The van der Waals surface area contributed by atoms with E-state index in [2.05, 4.69) is 23.1 Å². The number of methoxy groups -OCH3 is 1. The third-order valence-corrected chi connectivity index (χ3v) is 7.24. The fourth-order valence-corrected chi connectivity index (χ4v) is 5.94. The molecule has 6 rings (SSSR count). The van der Waals surface area contributed by atoms with Gasteiger partial charge in [-0.2, -0.15) is 0 Å². The average Bonchev–Trinajstić information content (AvgIpc) is 2.82. The zero-order chi connectivity index (χ0) is 21.4. The molecule has 3 saturated heterocycles. The monoisotopic (exact) mass is 419 g/mol. The highest BCUT2D eigenvalue weighted by Crippen LogP contribution is 2.57. The molecule has 0 N–H and O–H groups in total. The van der Waals surface area contributed by atoms with Crippen LogP contribution in [-0.4, -0.2) is 25.1 Å². The Morgan fingerprint density at radius 3 is 2.29 bits per heavy atom. The lowest BCUT2D eigenvalue weighted by Gasteiger charge is -2.58. The van der Waals surface area contributed by atoms with Crippen LogP contribution >= 0.6 is 0 Å². The first-order valence-corrected chi connectivity index (χ1v) is 11.0. The third-order valence-electron chi connectivity index (χ3n) is 7.24. The van der Waals surface area contributed by atoms with E-state index in [9.17, 15) is 4.39 Å². The number of ether oxygens (including phenoxy) is 1. The fraction of sp³-hybridized carbons (Fsp3) is 0.333. The van der Waals surface area contributed by atoms with E-state index >= 15 is 4.39 Å². The summed E-state index contributed by atoms with van der Waals surface area (Å²) in [5.41, 5.74) is 2.19. The van der Waals surface area contributed by atoms with Crippen molar-refractivity contribution in [3.05, 3.63) is 101 Å². The zero-order valence-electron chi connectivity index (χ0n) is 17.7. The fourth-order valence-electron chi connectivity index (χ4n) is 5.94. The van der Waals surface area contributed by atoms with Gasteiger partial charge in [-0.25, -0.2) is 8.78 Å². The quantitative estimate of drug-likeness (QED) is 0.494. The number of para-hydroxylation sites is 1. The lowest BCUT2D eigenvalue weighted by atomic mass is 9.61. The largest absolute Gasteiger partial charge is 0.496 e. The molecule has 2 unspecified atom stereocenters. The van der Waals surface area contributed by atoms with Crippen molar-refractivity contribution in [1.82, 2.24) is 4.90 Å². The summed E-state index contributed by atoms with van der Waals surface area (Å²) in [4.78, 5) is 2.52. The predicted molar refractivity (Wildman–Crippen MR) is 118 cm³/mol. The molecule has 3 fully saturated rings. The standard InChI is InChI=1S/C27H27F2NO/c1-31-25-10-6-5-9-23(25)27(18-19-13-15-30(27)16-14-19)26(20-7-3-2-4-8-20)22-12-11-21(28)17-24(22)29/h2-12,17,19,26H,13-16,18H2,1H3. The van der Waals surface area contributed by atoms with Gasteiger partial charge in [-0.1, -0.05) is 54.6 Å². The molecule has 3 heterocycles. The Bertz CT molecular complexity index is 1060. The molecular formula is C27H27F2NO. The number of halogens is 2. The molecule has 0 aliphatic carbocycles. The van der Waals surface area contributed by atoms with Crippen molar-refractivity contribution >= 4 is 0 Å². The van der Waals surface area contributed by atoms with E-state index in [0.29, 0.717) is 11.5 Å². The predicted octanol–water partition coefficient (Wildman–Crippen LogP) is 6.12. The lowest BCUT2D eigenvalue weighted by Crippen LogP contribution is -2.59. The SMILES string of the molecule is COc1ccccc1C1(C(c2ccccc2)c2ccc(F)cc2F)CC2CCN1CC2. The van der Waals surface area contributed by atoms with Crippen LogP contribution in [0.5, 0.6) is 5.75 Å². The normalized spacial score (nSPS) is 25.9. The molecule has 0 spiro atoms. The minimum absolute atomic E-state index is 0.284. The van der Waals surface area contributed by atoms with E-state index in [1.807, 2.05) is 36.4 Å². The topological polar surface area (TPSA) is 12.5 Å². The Balaban J connectivity index is 1.81. The van der Waals surface area contributed by atoms with Crippen LogP contribution in [0.3, 0.4) is 0 Å². The number of benzene rings is 3. The Morgan fingerprint density at radius 2 is 1.65 bits per heavy atom. The van der Waals surface area contributed by atoms with Crippen LogP contribution in [0.2, 0.25) is 0 Å². The Morgan fingerprint density at radius 1 is 0.935 bits per heavy atom. The Hall–Kier alpha value is -2.72. The summed E-state index contributed by atoms with van der Waals surface area (Å²) < 4.78 is 35.1. The van der Waals surface area contributed by atoms with Gasteiger partial charge in [0.15, 0.2) is 0 Å². The summed E-state index contributed by atoms with van der Waals surface area (Å²) in [6.45, 7) is 1.93. The van der Waals surface area contributed by atoms with Crippen LogP contribution in [0.15, 0.2) is 72.8 Å². The van der Waals surface area contributed by atoms with Crippen molar-refractivity contribution in [3.8, 4) is 5.75 Å². The Labute approximate surface area is 182 Å². The Kier molecular flexibility index (Phi) is 5.27. The average molecular weight is 420 g/mol. The molecule has 31 heavy (non-hydrogen) atoms. The van der Waals surface area contributed by atoms with Gasteiger partial charge in [0.1, 0.15) is 17.4 Å². The van der Waals surface area contributed by atoms with Crippen molar-refractivity contribution in [2.45, 2.75) is 30.7 Å². The maximum absolute atomic E-state index is 15.4. The second-order valence-corrected chi connectivity index (χ2v) is 8.77. The van der Waals surface area contributed by atoms with Gasteiger partial charge < -0.3 is 4.74 Å². The van der Waals surface area contributed by atoms with E-state index in [-0.39, 0.29) is 5.92 Å². The van der Waals surface area contributed by atoms with Gasteiger partial charge >= 0.3 is 0 Å². The maximum Gasteiger partial charge on any atom is 0.130 e. The van der Waals surface area contributed by atoms with Crippen LogP contribution in [0.1, 0.15) is 41.9 Å². The van der Waals surface area contributed by atoms with Crippen molar-refractivity contribution in [3.63, 3.8) is 0 Å². The van der Waals surface area contributed by atoms with Crippen LogP contribution in [0.4, 0.5) is 8.78 Å². The van der Waals surface area contributed by atoms with Crippen LogP contribution in [0.25, 0.3) is 0 Å². The van der Waals surface area contributed by atoms with E-state index in [1.165, 1.54) is 6.07 Å². The van der Waals surface area contributed by atoms with Gasteiger partial charge in [0.2, 0.25) is 0 Å². The van der Waals surface area contributed by atoms with Crippen LogP contribution < -0.4 is 4.74 Å². The van der Waals surface area contributed by atoms with Crippen LogP contribution in [0, 0.1) is 17.6 Å². The van der Waals surface area contributed by atoms with Gasteiger partial charge in [0.05, 0.1) is 12.6 Å². The zero-order valence-corrected chi connectivity index (χ0v) is 17.7. The highest BCUT2D eigenvalue weighted by molar-refractivity contribution is 5.48. The first kappa shape index (κ1) is 20.2. The lowest BCUT2D eigenvalue weighted by molar-refractivity contribution is -0.0460. The molecule has 0 saturated carbocycles. The van der Waals surface area contributed by atoms with E-state index in [0.717, 1.165) is 55.3 Å². The van der Waals surface area contributed by atoms with Gasteiger partial charge in [-0.15, -0.1) is 0 Å². The number of piperidine rings is 3. The van der Waals surface area contributed by atoms with Crippen LogP contribution in [-0.2, 0) is 5.54 Å². The van der Waals surface area contributed by atoms with Crippen molar-refractivity contribution in [2.24, 2.45) is 5.92 Å². The molecule has 3 aliphatic rings. The second kappa shape index (κ2) is 8.08. The van der Waals surface area contributed by atoms with E-state index in [4.69, 9.17) is 4.74 Å². The first-order chi connectivity index (χ1) is 15.1.